The maximum absolute atomic E-state index is 12.8. The van der Waals surface area contributed by atoms with E-state index in [4.69, 9.17) is 4.74 Å². The molecule has 0 aliphatic rings. The molecule has 3 nitrogen and oxygen atoms in total. The molecule has 0 heterocycles. The summed E-state index contributed by atoms with van der Waals surface area (Å²) < 4.78 is 53.7. The first-order valence-electron chi connectivity index (χ1n) is 4.72. The highest BCUT2D eigenvalue weighted by Gasteiger charge is 2.23. The minimum absolute atomic E-state index is 0.192. The molecule has 1 aromatic carbocycles. The van der Waals surface area contributed by atoms with Crippen molar-refractivity contribution in [2.24, 2.45) is 0 Å². The molecule has 0 saturated carbocycles. The summed E-state index contributed by atoms with van der Waals surface area (Å²) in [4.78, 5) is -0.381. The third-order valence-corrected chi connectivity index (χ3v) is 3.84. The monoisotopic (exact) mass is 262 g/mol. The Morgan fingerprint density at radius 3 is 2.59 bits per heavy atom. The van der Waals surface area contributed by atoms with Gasteiger partial charge in [-0.15, -0.1) is 6.58 Å². The van der Waals surface area contributed by atoms with E-state index in [0.717, 1.165) is 18.2 Å². The number of methoxy groups -OCH3 is 1. The summed E-state index contributed by atoms with van der Waals surface area (Å²) >= 11 is 0. The first-order chi connectivity index (χ1) is 7.92. The first kappa shape index (κ1) is 13.6. The molecular formula is C11H12F2O3S. The number of ether oxygens (including phenoxy) is 1. The molecular weight excluding hydrogens is 250 g/mol. The maximum atomic E-state index is 12.8. The Hall–Kier alpha value is -1.43. The highest BCUT2D eigenvalue weighted by atomic mass is 32.2. The van der Waals surface area contributed by atoms with E-state index in [2.05, 4.69) is 6.58 Å². The van der Waals surface area contributed by atoms with Gasteiger partial charge in [0.1, 0.15) is 5.75 Å². The summed E-state index contributed by atoms with van der Waals surface area (Å²) in [5.74, 6) is -0.183. The zero-order valence-electron chi connectivity index (χ0n) is 9.19. The molecule has 0 radical (unpaired) electrons. The molecule has 0 bridgehead atoms. The smallest absolute Gasteiger partial charge is 0.265 e. The summed E-state index contributed by atoms with van der Waals surface area (Å²) in [6.45, 7) is 3.29. The minimum Gasteiger partial charge on any atom is -0.497 e. The van der Waals surface area contributed by atoms with E-state index in [-0.39, 0.29) is 16.4 Å². The summed E-state index contributed by atoms with van der Waals surface area (Å²) in [7, 11) is -2.44. The quantitative estimate of drug-likeness (QED) is 0.766. The summed E-state index contributed by atoms with van der Waals surface area (Å²) in [6, 6.07) is 3.49. The number of benzene rings is 1. The van der Waals surface area contributed by atoms with Crippen molar-refractivity contribution in [1.29, 1.82) is 0 Å². The van der Waals surface area contributed by atoms with Gasteiger partial charge in [0.2, 0.25) is 0 Å². The van der Waals surface area contributed by atoms with Crippen LogP contribution in [0.15, 0.2) is 35.7 Å². The number of rotatable bonds is 5. The fourth-order valence-corrected chi connectivity index (χ4v) is 2.62. The Morgan fingerprint density at radius 2 is 2.12 bits per heavy atom. The second-order valence-corrected chi connectivity index (χ2v) is 5.28. The molecule has 0 aliphatic carbocycles. The Bertz CT molecular complexity index is 509. The van der Waals surface area contributed by atoms with Crippen LogP contribution in [0.3, 0.4) is 0 Å². The van der Waals surface area contributed by atoms with Gasteiger partial charge in [-0.3, -0.25) is 0 Å². The van der Waals surface area contributed by atoms with Crippen LogP contribution >= 0.6 is 0 Å². The fraction of sp³-hybridized carbons (Fsp3) is 0.273. The van der Waals surface area contributed by atoms with E-state index in [1.165, 1.54) is 13.2 Å². The summed E-state index contributed by atoms with van der Waals surface area (Å²) in [6.07, 6.45) is -1.71. The average molecular weight is 262 g/mol. The molecule has 0 amide bonds. The van der Waals surface area contributed by atoms with Crippen molar-refractivity contribution < 1.29 is 21.9 Å². The van der Waals surface area contributed by atoms with Gasteiger partial charge in [0.25, 0.3) is 6.43 Å². The minimum atomic E-state index is -3.76. The number of alkyl halides is 2. The van der Waals surface area contributed by atoms with Gasteiger partial charge in [0.05, 0.1) is 17.8 Å². The maximum Gasteiger partial charge on any atom is 0.265 e. The Labute approximate surface area is 98.6 Å². The van der Waals surface area contributed by atoms with Crippen LogP contribution in [0.4, 0.5) is 8.78 Å². The fourth-order valence-electron chi connectivity index (χ4n) is 1.35. The van der Waals surface area contributed by atoms with Crippen LogP contribution in [0.1, 0.15) is 12.0 Å². The predicted molar refractivity (Wildman–Crippen MR) is 60.2 cm³/mol. The molecule has 0 N–H and O–H groups in total. The predicted octanol–water partition coefficient (Wildman–Crippen LogP) is 2.59. The third-order valence-electron chi connectivity index (χ3n) is 2.12. The largest absolute Gasteiger partial charge is 0.497 e. The number of sulfone groups is 1. The number of hydrogen-bond acceptors (Lipinski definition) is 3. The van der Waals surface area contributed by atoms with Crippen LogP contribution in [0.5, 0.6) is 5.75 Å². The van der Waals surface area contributed by atoms with E-state index in [9.17, 15) is 17.2 Å². The second-order valence-electron chi connectivity index (χ2n) is 3.27. The van der Waals surface area contributed by atoms with Gasteiger partial charge in [0.15, 0.2) is 9.84 Å². The van der Waals surface area contributed by atoms with E-state index in [1.54, 1.807) is 0 Å². The highest BCUT2D eigenvalue weighted by Crippen LogP contribution is 2.30. The van der Waals surface area contributed by atoms with Crippen molar-refractivity contribution in [3.05, 3.63) is 36.4 Å². The van der Waals surface area contributed by atoms with Gasteiger partial charge in [-0.25, -0.2) is 17.2 Å². The van der Waals surface area contributed by atoms with Crippen LogP contribution in [-0.2, 0) is 9.84 Å². The zero-order valence-corrected chi connectivity index (χ0v) is 10.0. The normalized spacial score (nSPS) is 11.5. The Morgan fingerprint density at radius 1 is 1.47 bits per heavy atom. The molecule has 17 heavy (non-hydrogen) atoms. The average Bonchev–Trinajstić information content (AvgIpc) is 2.28. The summed E-state index contributed by atoms with van der Waals surface area (Å²) in [5, 5.41) is 0. The molecule has 0 spiro atoms. The molecule has 0 aromatic heterocycles. The number of halogens is 2. The van der Waals surface area contributed by atoms with Crippen LogP contribution in [0.2, 0.25) is 0 Å². The molecule has 0 unspecified atom stereocenters. The molecule has 0 aliphatic heterocycles. The summed E-state index contributed by atoms with van der Waals surface area (Å²) in [5.41, 5.74) is -0.550. The molecule has 0 saturated heterocycles. The van der Waals surface area contributed by atoms with Gasteiger partial charge in [-0.1, -0.05) is 6.08 Å². The van der Waals surface area contributed by atoms with Crippen molar-refractivity contribution in [2.45, 2.75) is 11.3 Å². The van der Waals surface area contributed by atoms with E-state index in [1.807, 2.05) is 0 Å². The van der Waals surface area contributed by atoms with Crippen molar-refractivity contribution in [1.82, 2.24) is 0 Å². The van der Waals surface area contributed by atoms with Crippen LogP contribution in [0.25, 0.3) is 0 Å². The third kappa shape index (κ3) is 3.03. The Balaban J connectivity index is 3.38. The van der Waals surface area contributed by atoms with Gasteiger partial charge in [-0.2, -0.15) is 0 Å². The SMILES string of the molecule is C=CCS(=O)(=O)c1ccc(OC)cc1C(F)F. The molecule has 94 valence electrons. The highest BCUT2D eigenvalue weighted by molar-refractivity contribution is 7.91. The van der Waals surface area contributed by atoms with Gasteiger partial charge >= 0.3 is 0 Å². The number of hydrogen-bond donors (Lipinski definition) is 0. The Kier molecular flexibility index (Phi) is 4.22. The molecule has 0 atom stereocenters. The van der Waals surface area contributed by atoms with Crippen LogP contribution < -0.4 is 4.74 Å². The van der Waals surface area contributed by atoms with Crippen molar-refractivity contribution in [2.75, 3.05) is 12.9 Å². The van der Waals surface area contributed by atoms with Gasteiger partial charge in [-0.05, 0) is 18.2 Å². The lowest BCUT2D eigenvalue weighted by Gasteiger charge is -2.10. The molecule has 0 fully saturated rings. The molecule has 1 aromatic rings. The zero-order chi connectivity index (χ0) is 13.1. The lowest BCUT2D eigenvalue weighted by atomic mass is 10.2. The van der Waals surface area contributed by atoms with Gasteiger partial charge < -0.3 is 4.74 Å². The first-order valence-corrected chi connectivity index (χ1v) is 6.37. The lowest BCUT2D eigenvalue weighted by molar-refractivity contribution is 0.147. The standard InChI is InChI=1S/C11H12F2O3S/c1-3-6-17(14,15)10-5-4-8(16-2)7-9(10)11(12)13/h3-5,7,11H,1,6H2,2H3. The van der Waals surface area contributed by atoms with E-state index in [0.29, 0.717) is 0 Å². The second kappa shape index (κ2) is 5.27. The topological polar surface area (TPSA) is 43.4 Å². The van der Waals surface area contributed by atoms with Crippen molar-refractivity contribution in [3.63, 3.8) is 0 Å². The van der Waals surface area contributed by atoms with E-state index >= 15 is 0 Å². The van der Waals surface area contributed by atoms with E-state index < -0.39 is 21.8 Å². The van der Waals surface area contributed by atoms with Crippen LogP contribution in [0, 0.1) is 0 Å². The molecule has 1 rings (SSSR count). The van der Waals surface area contributed by atoms with Gasteiger partial charge in [0, 0.05) is 5.56 Å². The lowest BCUT2D eigenvalue weighted by Crippen LogP contribution is -2.08. The molecule has 6 heteroatoms. The van der Waals surface area contributed by atoms with Crippen LogP contribution in [-0.4, -0.2) is 21.3 Å². The van der Waals surface area contributed by atoms with Crippen molar-refractivity contribution >= 4 is 9.84 Å². The van der Waals surface area contributed by atoms with Crippen molar-refractivity contribution in [3.8, 4) is 5.75 Å².